The SMILES string of the molecule is [Cr].[Mn].[N].[Ni]. The molecule has 0 fully saturated rings. The van der Waals surface area contributed by atoms with Crippen LogP contribution in [0, 0.1) is 0 Å². The van der Waals surface area contributed by atoms with E-state index in [1.165, 1.54) is 0 Å². The van der Waals surface area contributed by atoms with Crippen molar-refractivity contribution in [2.45, 2.75) is 0 Å². The monoisotopic (exact) mass is 179 g/mol. The minimum Gasteiger partial charge on any atom is 0 e. The fourth-order valence-corrected chi connectivity index (χ4v) is 0. The Bertz CT molecular complexity index is 8.00. The molecule has 0 aliphatic rings. The van der Waals surface area contributed by atoms with Gasteiger partial charge in [0.1, 0.15) is 0 Å². The van der Waals surface area contributed by atoms with Crippen molar-refractivity contribution >= 4 is 0 Å². The summed E-state index contributed by atoms with van der Waals surface area (Å²) in [5, 5.41) is 0. The fraction of sp³-hybridized carbons (Fsp3) is 0. The fourth-order valence-electron chi connectivity index (χ4n) is 0. The molecule has 0 aromatic rings. The molecule has 0 unspecified atom stereocenters. The van der Waals surface area contributed by atoms with Crippen LogP contribution < -0.4 is 6.15 Å². The van der Waals surface area contributed by atoms with Crippen LogP contribution in [0.3, 0.4) is 0 Å². The van der Waals surface area contributed by atoms with E-state index in [1.54, 1.807) is 0 Å². The summed E-state index contributed by atoms with van der Waals surface area (Å²) in [4.78, 5) is 0. The normalized spacial score (nSPS) is 0. The van der Waals surface area contributed by atoms with Gasteiger partial charge in [0.25, 0.3) is 0 Å². The van der Waals surface area contributed by atoms with E-state index in [2.05, 4.69) is 0 Å². The van der Waals surface area contributed by atoms with Crippen molar-refractivity contribution in [3.8, 4) is 0 Å². The summed E-state index contributed by atoms with van der Waals surface area (Å²) >= 11 is 0. The van der Waals surface area contributed by atoms with Crippen LogP contribution in [0.5, 0.6) is 0 Å². The maximum atomic E-state index is 0. The van der Waals surface area contributed by atoms with Crippen LogP contribution >= 0.6 is 0 Å². The summed E-state index contributed by atoms with van der Waals surface area (Å²) in [5.41, 5.74) is 0. The van der Waals surface area contributed by atoms with Gasteiger partial charge in [0, 0.05) is 57.1 Å². The first-order valence-corrected chi connectivity index (χ1v) is 0. The molecule has 0 bridgehead atoms. The summed E-state index contributed by atoms with van der Waals surface area (Å²) in [6, 6.07) is 0. The van der Waals surface area contributed by atoms with Crippen LogP contribution in [0.4, 0.5) is 0 Å². The Kier molecular flexibility index (Phi) is 301. The summed E-state index contributed by atoms with van der Waals surface area (Å²) in [7, 11) is 0. The van der Waals surface area contributed by atoms with Gasteiger partial charge in [-0.15, -0.1) is 0 Å². The molecule has 0 heterocycles. The van der Waals surface area contributed by atoms with Crippen LogP contribution in [0.15, 0.2) is 0 Å². The van der Waals surface area contributed by atoms with E-state index in [0.29, 0.717) is 0 Å². The van der Waals surface area contributed by atoms with E-state index in [4.69, 9.17) is 0 Å². The zero-order chi connectivity index (χ0) is 0. The Hall–Kier alpha value is 1.51. The molecular weight excluding hydrogens is 180 g/mol. The first-order chi connectivity index (χ1) is 0. The predicted octanol–water partition coefficient (Wildman–Crippen LogP) is -0.488. The summed E-state index contributed by atoms with van der Waals surface area (Å²) in [6.45, 7) is 0. The van der Waals surface area contributed by atoms with Gasteiger partial charge < -0.3 is 0 Å². The maximum absolute atomic E-state index is 0. The van der Waals surface area contributed by atoms with E-state index in [1.807, 2.05) is 0 Å². The molecule has 0 atom stereocenters. The van der Waals surface area contributed by atoms with Crippen LogP contribution in [-0.2, 0) is 50.9 Å². The maximum Gasteiger partial charge on any atom is 0 e. The molecule has 0 saturated carbocycles. The van der Waals surface area contributed by atoms with E-state index in [-0.39, 0.29) is 57.1 Å². The van der Waals surface area contributed by atoms with E-state index in [9.17, 15) is 0 Å². The number of nitrogens with zero attached hydrogens (tertiary/aromatic N) is 1. The van der Waals surface area contributed by atoms with Gasteiger partial charge in [-0.2, -0.15) is 0 Å². The molecule has 0 spiro atoms. The second-order valence-electron chi connectivity index (χ2n) is 0. The topological polar surface area (TPSA) is 30.5 Å². The summed E-state index contributed by atoms with van der Waals surface area (Å²) in [6.07, 6.45) is 0. The molecule has 0 rings (SSSR count). The molecule has 4 heteroatoms. The number of hydrogen-bond donors (Lipinski definition) is 0. The Morgan fingerprint density at radius 1 is 1.00 bits per heavy atom. The quantitative estimate of drug-likeness (QED) is 0.450. The molecule has 28 valence electrons. The molecule has 4 radical (unpaired) electrons. The largest absolute Gasteiger partial charge is 0 e. The molecule has 1 nitrogen and oxygen atoms in total. The van der Waals surface area contributed by atoms with Gasteiger partial charge in [-0.25, -0.2) is 0 Å². The minimum atomic E-state index is 0. The van der Waals surface area contributed by atoms with E-state index in [0.717, 1.165) is 0 Å². The third-order valence-corrected chi connectivity index (χ3v) is 0. The molecule has 0 N–H and O–H groups in total. The van der Waals surface area contributed by atoms with E-state index >= 15 is 0 Å². The third-order valence-electron chi connectivity index (χ3n) is 0. The van der Waals surface area contributed by atoms with Gasteiger partial charge in [0.2, 0.25) is 0 Å². The molecule has 0 aromatic heterocycles. The molecule has 0 saturated heterocycles. The first kappa shape index (κ1) is 49.3. The van der Waals surface area contributed by atoms with E-state index < -0.39 is 0 Å². The first-order valence-electron chi connectivity index (χ1n) is 0. The van der Waals surface area contributed by atoms with Crippen molar-refractivity contribution in [2.75, 3.05) is 0 Å². The van der Waals surface area contributed by atoms with Gasteiger partial charge in [0.05, 0.1) is 0 Å². The Balaban J connectivity index is 0. The number of rotatable bonds is 0. The predicted molar refractivity (Wildman–Crippen MR) is 2.13 cm³/mol. The Morgan fingerprint density at radius 2 is 1.00 bits per heavy atom. The average Bonchev–Trinajstić information content (AvgIpc) is 0. The van der Waals surface area contributed by atoms with Crippen molar-refractivity contribution in [1.29, 1.82) is 0 Å². The van der Waals surface area contributed by atoms with Crippen molar-refractivity contribution in [3.63, 3.8) is 0 Å². The molecule has 0 aliphatic heterocycles. The average molecular weight is 180 g/mol. The third kappa shape index (κ3) is 9.71. The van der Waals surface area contributed by atoms with Crippen LogP contribution in [0.25, 0.3) is 0 Å². The molecule has 4 heavy (non-hydrogen) atoms. The molecule has 0 aromatic carbocycles. The van der Waals surface area contributed by atoms with Crippen molar-refractivity contribution < 1.29 is 50.9 Å². The smallest absolute Gasteiger partial charge is 0 e. The van der Waals surface area contributed by atoms with Gasteiger partial charge in [-0.05, 0) is 0 Å². The van der Waals surface area contributed by atoms with Gasteiger partial charge in [-0.3, -0.25) is 0 Å². The van der Waals surface area contributed by atoms with Crippen molar-refractivity contribution in [2.24, 2.45) is 0 Å². The Labute approximate surface area is 57.0 Å². The molecule has 0 amide bonds. The second-order valence-corrected chi connectivity index (χ2v) is 0. The van der Waals surface area contributed by atoms with Crippen LogP contribution in [0.1, 0.15) is 0 Å². The van der Waals surface area contributed by atoms with Crippen molar-refractivity contribution in [3.05, 3.63) is 0 Å². The van der Waals surface area contributed by atoms with Gasteiger partial charge >= 0.3 is 0 Å². The molecular formula is CrMnNNi. The zero-order valence-corrected chi connectivity index (χ0v) is 4.99. The zero-order valence-electron chi connectivity index (χ0n) is 1.55. The van der Waals surface area contributed by atoms with Crippen LogP contribution in [-0.4, -0.2) is 0 Å². The Morgan fingerprint density at radius 3 is 1.00 bits per heavy atom. The van der Waals surface area contributed by atoms with Crippen molar-refractivity contribution in [1.82, 2.24) is 6.15 Å². The molecule has 0 aliphatic carbocycles. The second kappa shape index (κ2) is 24.4. The standard InChI is InChI=1S/Cr.Mn.N.Ni. The number of hydrogen-bond acceptors (Lipinski definition) is 0. The summed E-state index contributed by atoms with van der Waals surface area (Å²) < 4.78 is 0. The summed E-state index contributed by atoms with van der Waals surface area (Å²) in [5.74, 6) is 0. The minimum absolute atomic E-state index is 0. The van der Waals surface area contributed by atoms with Crippen LogP contribution in [0.2, 0.25) is 0 Å². The van der Waals surface area contributed by atoms with Gasteiger partial charge in [-0.1, -0.05) is 0 Å². The van der Waals surface area contributed by atoms with Gasteiger partial charge in [0.15, 0.2) is 0 Å².